The Morgan fingerprint density at radius 2 is 1.96 bits per heavy atom. The van der Waals surface area contributed by atoms with Gasteiger partial charge in [-0.2, -0.15) is 0 Å². The van der Waals surface area contributed by atoms with Crippen LogP contribution in [0, 0.1) is 5.92 Å². The van der Waals surface area contributed by atoms with Crippen molar-refractivity contribution >= 4 is 48.6 Å². The van der Waals surface area contributed by atoms with E-state index < -0.39 is 12.2 Å². The molecule has 2 aliphatic carbocycles. The van der Waals surface area contributed by atoms with Crippen molar-refractivity contribution in [1.82, 2.24) is 25.3 Å². The van der Waals surface area contributed by atoms with Crippen LogP contribution in [0.3, 0.4) is 0 Å². The summed E-state index contributed by atoms with van der Waals surface area (Å²) >= 11 is 1.58. The molecule has 4 rings (SSSR count). The normalized spacial score (nSPS) is 27.3. The third kappa shape index (κ3) is 5.28. The second-order valence-electron chi connectivity index (χ2n) is 6.53. The minimum atomic E-state index is -0.758. The molecule has 2 fully saturated rings. The van der Waals surface area contributed by atoms with Crippen LogP contribution in [0.2, 0.25) is 0 Å². The molecule has 2 heterocycles. The highest BCUT2D eigenvalue weighted by Crippen LogP contribution is 2.38. The van der Waals surface area contributed by atoms with Gasteiger partial charge >= 0.3 is 0 Å². The summed E-state index contributed by atoms with van der Waals surface area (Å²) < 4.78 is 1.80. The summed E-state index contributed by atoms with van der Waals surface area (Å²) in [6.07, 6.45) is 5.37. The second-order valence-corrected chi connectivity index (χ2v) is 7.51. The Morgan fingerprint density at radius 1 is 1.19 bits per heavy atom. The van der Waals surface area contributed by atoms with Gasteiger partial charge in [-0.25, -0.2) is 4.98 Å². The lowest BCUT2D eigenvalue weighted by Gasteiger charge is -2.17. The van der Waals surface area contributed by atoms with Gasteiger partial charge in [0.15, 0.2) is 0 Å². The topological polar surface area (TPSA) is 96.1 Å². The van der Waals surface area contributed by atoms with E-state index in [0.29, 0.717) is 25.4 Å². The van der Waals surface area contributed by atoms with Crippen molar-refractivity contribution in [2.45, 2.75) is 56.5 Å². The number of nitrogens with zero attached hydrogens (tertiary/aromatic N) is 4. The number of aliphatic hydroxyl groups excluding tert-OH is 2. The number of thiazole rings is 1. The highest BCUT2D eigenvalue weighted by atomic mass is 35.5. The van der Waals surface area contributed by atoms with E-state index in [1.165, 1.54) is 12.8 Å². The highest BCUT2D eigenvalue weighted by Gasteiger charge is 2.41. The summed E-state index contributed by atoms with van der Waals surface area (Å²) in [6, 6.07) is -0.120. The molecule has 2 aliphatic rings. The van der Waals surface area contributed by atoms with Gasteiger partial charge in [0.05, 0.1) is 17.9 Å². The fraction of sp³-hybridized carbons (Fsp3) is 0.667. The van der Waals surface area contributed by atoms with Crippen LogP contribution in [0.1, 0.15) is 35.9 Å². The lowest BCUT2D eigenvalue weighted by Crippen LogP contribution is -2.39. The SMILES string of the molecule is Cl.Cl.Cl.O[C@@H]1[C@@H](Cn2cc(C3CC3)nn2)C[C@@H](NCc2nccs2)[C@@H]1O. The van der Waals surface area contributed by atoms with Crippen molar-refractivity contribution in [3.63, 3.8) is 0 Å². The Kier molecular flexibility index (Phi) is 9.22. The molecule has 0 bridgehead atoms. The molecule has 0 spiro atoms. The van der Waals surface area contributed by atoms with Gasteiger partial charge in [0.2, 0.25) is 0 Å². The van der Waals surface area contributed by atoms with E-state index in [9.17, 15) is 10.2 Å². The van der Waals surface area contributed by atoms with Gasteiger partial charge < -0.3 is 15.5 Å². The van der Waals surface area contributed by atoms with Crippen LogP contribution < -0.4 is 5.32 Å². The first-order chi connectivity index (χ1) is 11.2. The van der Waals surface area contributed by atoms with E-state index >= 15 is 0 Å². The molecular weight excluding hydrogens is 421 g/mol. The molecule has 0 saturated heterocycles. The maximum absolute atomic E-state index is 10.3. The van der Waals surface area contributed by atoms with Crippen LogP contribution in [0.25, 0.3) is 0 Å². The molecule has 2 aromatic rings. The molecule has 0 radical (unpaired) electrons. The van der Waals surface area contributed by atoms with Crippen molar-refractivity contribution in [3.8, 4) is 0 Å². The molecule has 3 N–H and O–H groups in total. The van der Waals surface area contributed by atoms with E-state index in [2.05, 4.69) is 20.6 Å². The molecule has 2 saturated carbocycles. The molecule has 11 heteroatoms. The Hall–Kier alpha value is -0.480. The molecule has 26 heavy (non-hydrogen) atoms. The largest absolute Gasteiger partial charge is 0.390 e. The zero-order chi connectivity index (χ0) is 15.8. The van der Waals surface area contributed by atoms with Crippen LogP contribution in [-0.4, -0.2) is 48.4 Å². The van der Waals surface area contributed by atoms with Gasteiger partial charge in [-0.05, 0) is 19.3 Å². The third-order valence-corrected chi connectivity index (χ3v) is 5.55. The lowest BCUT2D eigenvalue weighted by molar-refractivity contribution is 0.00722. The smallest absolute Gasteiger partial charge is 0.106 e. The van der Waals surface area contributed by atoms with Crippen LogP contribution in [0.5, 0.6) is 0 Å². The van der Waals surface area contributed by atoms with Gasteiger partial charge in [0.1, 0.15) is 5.01 Å². The molecule has 7 nitrogen and oxygen atoms in total. The number of nitrogens with one attached hydrogen (secondary N) is 1. The van der Waals surface area contributed by atoms with E-state index in [1.807, 2.05) is 11.6 Å². The molecular formula is C15H24Cl3N5O2S. The van der Waals surface area contributed by atoms with Crippen molar-refractivity contribution in [2.24, 2.45) is 5.92 Å². The summed E-state index contributed by atoms with van der Waals surface area (Å²) in [5.41, 5.74) is 1.05. The van der Waals surface area contributed by atoms with Gasteiger partial charge in [-0.3, -0.25) is 4.68 Å². The van der Waals surface area contributed by atoms with Gasteiger partial charge in [-0.1, -0.05) is 5.21 Å². The van der Waals surface area contributed by atoms with Crippen molar-refractivity contribution < 1.29 is 10.2 Å². The summed E-state index contributed by atoms with van der Waals surface area (Å²) in [7, 11) is 0. The third-order valence-electron chi connectivity index (χ3n) is 4.77. The number of hydrogen-bond acceptors (Lipinski definition) is 7. The molecule has 4 atom stereocenters. The van der Waals surface area contributed by atoms with Crippen molar-refractivity contribution in [1.29, 1.82) is 0 Å². The van der Waals surface area contributed by atoms with Crippen molar-refractivity contribution in [2.75, 3.05) is 0 Å². The predicted octanol–water partition coefficient (Wildman–Crippen LogP) is 1.78. The minimum absolute atomic E-state index is 0. The Morgan fingerprint density at radius 3 is 2.62 bits per heavy atom. The molecule has 2 aromatic heterocycles. The predicted molar refractivity (Wildman–Crippen MR) is 107 cm³/mol. The molecule has 0 aromatic carbocycles. The van der Waals surface area contributed by atoms with E-state index in [-0.39, 0.29) is 49.2 Å². The number of aliphatic hydroxyl groups is 2. The number of hydrogen-bond donors (Lipinski definition) is 3. The Bertz CT molecular complexity index is 656. The van der Waals surface area contributed by atoms with Gasteiger partial charge in [-0.15, -0.1) is 53.7 Å². The number of rotatable bonds is 6. The number of halogens is 3. The van der Waals surface area contributed by atoms with Crippen LogP contribution in [0.4, 0.5) is 0 Å². The molecule has 0 amide bonds. The highest BCUT2D eigenvalue weighted by molar-refractivity contribution is 7.09. The summed E-state index contributed by atoms with van der Waals surface area (Å²) in [6.45, 7) is 1.21. The molecule has 0 unspecified atom stereocenters. The molecule has 0 aliphatic heterocycles. The monoisotopic (exact) mass is 443 g/mol. The fourth-order valence-corrected chi connectivity index (χ4v) is 3.84. The summed E-state index contributed by atoms with van der Waals surface area (Å²) in [5.74, 6) is 0.558. The minimum Gasteiger partial charge on any atom is -0.390 e. The van der Waals surface area contributed by atoms with E-state index in [0.717, 1.165) is 10.7 Å². The maximum atomic E-state index is 10.3. The van der Waals surface area contributed by atoms with Crippen LogP contribution in [-0.2, 0) is 13.1 Å². The van der Waals surface area contributed by atoms with E-state index in [1.54, 1.807) is 22.2 Å². The Balaban J connectivity index is 0.00000113. The molecule has 148 valence electrons. The van der Waals surface area contributed by atoms with Gasteiger partial charge in [0.25, 0.3) is 0 Å². The average Bonchev–Trinajstić information content (AvgIpc) is 2.97. The quantitative estimate of drug-likeness (QED) is 0.628. The zero-order valence-electron chi connectivity index (χ0n) is 14.0. The first-order valence-electron chi connectivity index (χ1n) is 8.08. The fourth-order valence-electron chi connectivity index (χ4n) is 3.28. The lowest BCUT2D eigenvalue weighted by atomic mass is 10.1. The summed E-state index contributed by atoms with van der Waals surface area (Å²) in [5, 5.41) is 35.2. The maximum Gasteiger partial charge on any atom is 0.106 e. The van der Waals surface area contributed by atoms with Crippen LogP contribution in [0.15, 0.2) is 17.8 Å². The Labute approximate surface area is 174 Å². The van der Waals surface area contributed by atoms with Crippen LogP contribution >= 0.6 is 48.6 Å². The zero-order valence-corrected chi connectivity index (χ0v) is 17.2. The average molecular weight is 445 g/mol. The number of aromatic nitrogens is 4. The first kappa shape index (κ1) is 23.6. The van der Waals surface area contributed by atoms with E-state index in [4.69, 9.17) is 0 Å². The standard InChI is InChI=1S/C15H21N5O2S.3ClH/c21-14-10(7-20-8-12(18-19-20)9-1-2-9)5-11(15(14)22)17-6-13-16-3-4-23-13;;;/h3-4,8-11,14-15,17,21-22H,1-2,5-7H2;3*1H/t10-,11-,14-,15+;;;/m1.../s1. The second kappa shape index (κ2) is 10.2. The summed E-state index contributed by atoms with van der Waals surface area (Å²) in [4.78, 5) is 4.22. The van der Waals surface area contributed by atoms with Gasteiger partial charge in [0, 0.05) is 48.7 Å². The van der Waals surface area contributed by atoms with Crippen molar-refractivity contribution in [3.05, 3.63) is 28.5 Å². The first-order valence-corrected chi connectivity index (χ1v) is 8.96.